The van der Waals surface area contributed by atoms with E-state index in [9.17, 15) is 0 Å². The predicted molar refractivity (Wildman–Crippen MR) is 33.5 cm³/mol. The topological polar surface area (TPSA) is 12.9 Å². The standard InChI is InChI=1S/C6H4BN/c1-2-6-5-8-4-3-7-6/h1,3-5H. The summed E-state index contributed by atoms with van der Waals surface area (Å²) in [5, 5.41) is 0. The average Bonchev–Trinajstić information content (AvgIpc) is 1.90. The van der Waals surface area contributed by atoms with E-state index in [1.165, 1.54) is 0 Å². The molecule has 1 nitrogen and oxygen atoms in total. The Morgan fingerprint density at radius 2 is 2.62 bits per heavy atom. The van der Waals surface area contributed by atoms with Crippen LogP contribution in [0.15, 0.2) is 18.4 Å². The van der Waals surface area contributed by atoms with Gasteiger partial charge in [0.05, 0.1) is 0 Å². The summed E-state index contributed by atoms with van der Waals surface area (Å²) in [5.74, 6) is 4.28. The Morgan fingerprint density at radius 3 is 3.00 bits per heavy atom. The molecule has 1 rings (SSSR count). The molecule has 0 saturated carbocycles. The minimum absolute atomic E-state index is 0.826. The summed E-state index contributed by atoms with van der Waals surface area (Å²) in [4.78, 5) is 3.81. The molecular formula is C6H4BN. The van der Waals surface area contributed by atoms with Crippen molar-refractivity contribution in [2.45, 2.75) is 0 Å². The molecule has 1 aromatic heterocycles. The summed E-state index contributed by atoms with van der Waals surface area (Å²) < 4.78 is 0. The fraction of sp³-hybridized carbons (Fsp3) is 0. The van der Waals surface area contributed by atoms with Gasteiger partial charge in [-0.25, -0.2) is 0 Å². The van der Waals surface area contributed by atoms with Crippen molar-refractivity contribution in [3.05, 3.63) is 23.8 Å². The van der Waals surface area contributed by atoms with Gasteiger partial charge in [0.2, 0.25) is 0 Å². The maximum atomic E-state index is 5.06. The molecule has 0 aliphatic carbocycles. The zero-order valence-corrected chi connectivity index (χ0v) is 4.33. The normalized spacial score (nSPS) is 7.38. The molecule has 36 valence electrons. The summed E-state index contributed by atoms with van der Waals surface area (Å²) in [5.41, 5.74) is 0.826. The van der Waals surface area contributed by atoms with E-state index in [4.69, 9.17) is 6.42 Å². The molecule has 0 radical (unpaired) electrons. The van der Waals surface area contributed by atoms with Crippen LogP contribution in [0, 0.1) is 12.3 Å². The van der Waals surface area contributed by atoms with Crippen molar-refractivity contribution >= 4 is 6.91 Å². The Kier molecular flexibility index (Phi) is 1.44. The molecule has 0 aliphatic rings. The zero-order chi connectivity index (χ0) is 5.82. The van der Waals surface area contributed by atoms with Crippen molar-refractivity contribution < 1.29 is 0 Å². The molecule has 0 aromatic carbocycles. The van der Waals surface area contributed by atoms with Gasteiger partial charge < -0.3 is 0 Å². The molecule has 8 heavy (non-hydrogen) atoms. The van der Waals surface area contributed by atoms with E-state index in [2.05, 4.69) is 10.9 Å². The SMILES string of the molecule is C#Cc1bccnc1. The van der Waals surface area contributed by atoms with E-state index >= 15 is 0 Å². The Balaban J connectivity index is 3.05. The van der Waals surface area contributed by atoms with Crippen molar-refractivity contribution in [2.24, 2.45) is 0 Å². The number of rotatable bonds is 0. The Morgan fingerprint density at radius 1 is 1.75 bits per heavy atom. The van der Waals surface area contributed by atoms with Gasteiger partial charge in [-0.3, -0.25) is 0 Å². The predicted octanol–water partition coefficient (Wildman–Crippen LogP) is 0.401. The number of nitrogens with zero attached hydrogens (tertiary/aromatic N) is 1. The number of terminal acetylenes is 1. The Bertz CT molecular complexity index is 200. The van der Waals surface area contributed by atoms with Gasteiger partial charge in [0, 0.05) is 0 Å². The Hall–Kier alpha value is -1.10. The van der Waals surface area contributed by atoms with E-state index in [1.54, 1.807) is 12.4 Å². The van der Waals surface area contributed by atoms with Crippen LogP contribution < -0.4 is 0 Å². The molecule has 2 heteroatoms. The quantitative estimate of drug-likeness (QED) is 0.431. The second-order valence-corrected chi connectivity index (χ2v) is 1.39. The molecule has 1 aromatic rings. The third-order valence-corrected chi connectivity index (χ3v) is 0.828. The summed E-state index contributed by atoms with van der Waals surface area (Å²) >= 11 is 0. The fourth-order valence-corrected chi connectivity index (χ4v) is 0.448. The molecule has 0 bridgehead atoms. The molecule has 0 N–H and O–H groups in total. The van der Waals surface area contributed by atoms with Crippen molar-refractivity contribution in [3.63, 3.8) is 0 Å². The monoisotopic (exact) mass is 101 g/mol. The van der Waals surface area contributed by atoms with Gasteiger partial charge in [-0.15, -0.1) is 0 Å². The van der Waals surface area contributed by atoms with E-state index in [0.29, 0.717) is 0 Å². The van der Waals surface area contributed by atoms with Crippen LogP contribution in [-0.2, 0) is 0 Å². The van der Waals surface area contributed by atoms with Crippen molar-refractivity contribution in [3.8, 4) is 12.3 Å². The molecule has 0 atom stereocenters. The van der Waals surface area contributed by atoms with Crippen molar-refractivity contribution in [1.82, 2.24) is 4.98 Å². The zero-order valence-electron chi connectivity index (χ0n) is 4.33. The van der Waals surface area contributed by atoms with Crippen LogP contribution in [-0.4, -0.2) is 11.9 Å². The molecule has 0 fully saturated rings. The van der Waals surface area contributed by atoms with Gasteiger partial charge in [0.15, 0.2) is 0 Å². The summed E-state index contributed by atoms with van der Waals surface area (Å²) in [6.07, 6.45) is 8.41. The first-order chi connectivity index (χ1) is 3.93. The fourth-order valence-electron chi connectivity index (χ4n) is 0.448. The van der Waals surface area contributed by atoms with E-state index in [0.717, 1.165) is 5.46 Å². The first kappa shape index (κ1) is 5.05. The summed E-state index contributed by atoms with van der Waals surface area (Å²) in [7, 11) is 0. The maximum absolute atomic E-state index is 5.06. The molecule has 0 spiro atoms. The van der Waals surface area contributed by atoms with E-state index in [1.807, 2.05) is 12.9 Å². The summed E-state index contributed by atoms with van der Waals surface area (Å²) in [6.45, 7) is 1.84. The molecule has 0 saturated heterocycles. The second kappa shape index (κ2) is 2.27. The van der Waals surface area contributed by atoms with Crippen LogP contribution in [0.5, 0.6) is 0 Å². The van der Waals surface area contributed by atoms with Crippen LogP contribution in [0.4, 0.5) is 0 Å². The van der Waals surface area contributed by atoms with Crippen molar-refractivity contribution in [1.29, 1.82) is 0 Å². The first-order valence-corrected chi connectivity index (χ1v) is 2.30. The molecule has 0 unspecified atom stereocenters. The van der Waals surface area contributed by atoms with Gasteiger partial charge in [-0.2, -0.15) is 0 Å². The third kappa shape index (κ3) is 0.943. The van der Waals surface area contributed by atoms with Crippen LogP contribution in [0.1, 0.15) is 5.46 Å². The minimum atomic E-state index is 0.826. The number of hydrogen-bond donors (Lipinski definition) is 0. The average molecular weight is 101 g/mol. The molecule has 0 aliphatic heterocycles. The summed E-state index contributed by atoms with van der Waals surface area (Å²) in [6, 6.07) is 0. The van der Waals surface area contributed by atoms with Gasteiger partial charge >= 0.3 is 48.1 Å². The van der Waals surface area contributed by atoms with Crippen LogP contribution in [0.25, 0.3) is 0 Å². The number of hydrogen-bond acceptors (Lipinski definition) is 1. The van der Waals surface area contributed by atoms with Gasteiger partial charge in [0.1, 0.15) is 0 Å². The van der Waals surface area contributed by atoms with Gasteiger partial charge in [0.25, 0.3) is 0 Å². The van der Waals surface area contributed by atoms with Crippen LogP contribution in [0.2, 0.25) is 0 Å². The van der Waals surface area contributed by atoms with Crippen molar-refractivity contribution in [2.75, 3.05) is 0 Å². The third-order valence-electron chi connectivity index (χ3n) is 0.828. The van der Waals surface area contributed by atoms with Crippen LogP contribution in [0.3, 0.4) is 0 Å². The second-order valence-electron chi connectivity index (χ2n) is 1.39. The van der Waals surface area contributed by atoms with E-state index in [-0.39, 0.29) is 0 Å². The Labute approximate surface area is 49.0 Å². The molecule has 0 amide bonds. The first-order valence-electron chi connectivity index (χ1n) is 2.30. The van der Waals surface area contributed by atoms with Gasteiger partial charge in [-0.1, -0.05) is 0 Å². The van der Waals surface area contributed by atoms with E-state index < -0.39 is 0 Å². The number of aromatic nitrogens is 1. The molecular weight excluding hydrogens is 96.9 g/mol. The van der Waals surface area contributed by atoms with Crippen LogP contribution >= 0.6 is 0 Å². The molecule has 1 heterocycles. The van der Waals surface area contributed by atoms with Gasteiger partial charge in [-0.05, 0) is 0 Å².